The molecule has 1 atom stereocenters. The van der Waals surface area contributed by atoms with E-state index < -0.39 is 0 Å². The van der Waals surface area contributed by atoms with Gasteiger partial charge in [-0.2, -0.15) is 4.98 Å². The maximum atomic E-state index is 12.4. The molecule has 1 saturated heterocycles. The van der Waals surface area contributed by atoms with E-state index in [4.69, 9.17) is 9.26 Å². The third-order valence-corrected chi connectivity index (χ3v) is 3.73. The van der Waals surface area contributed by atoms with Gasteiger partial charge >= 0.3 is 0 Å². The minimum absolute atomic E-state index is 0.0252. The lowest BCUT2D eigenvalue weighted by Gasteiger charge is -2.40. The van der Waals surface area contributed by atoms with Gasteiger partial charge in [0.1, 0.15) is 6.61 Å². The molecule has 1 unspecified atom stereocenters. The number of rotatable bonds is 5. The highest BCUT2D eigenvalue weighted by Crippen LogP contribution is 2.22. The van der Waals surface area contributed by atoms with E-state index in [2.05, 4.69) is 15.1 Å². The van der Waals surface area contributed by atoms with Crippen LogP contribution in [0.25, 0.3) is 0 Å². The molecular formula is C15H18N4O3. The molecular weight excluding hydrogens is 284 g/mol. The Morgan fingerprint density at radius 2 is 2.36 bits per heavy atom. The summed E-state index contributed by atoms with van der Waals surface area (Å²) >= 11 is 0. The summed E-state index contributed by atoms with van der Waals surface area (Å²) in [7, 11) is 0. The Balaban J connectivity index is 1.45. The molecule has 0 bridgehead atoms. The topological polar surface area (TPSA) is 81.4 Å². The van der Waals surface area contributed by atoms with Crippen molar-refractivity contribution in [2.75, 3.05) is 13.1 Å². The van der Waals surface area contributed by atoms with E-state index in [0.717, 1.165) is 5.56 Å². The standard InChI is InChI=1S/C15H18N4O3/c1-10(12-4-3-5-16-6-12)15(20)19-7-13(8-19)21-9-14-17-11(2)18-22-14/h3-6,10,13H,7-9H2,1-2H3. The molecule has 2 aromatic heterocycles. The van der Waals surface area contributed by atoms with Gasteiger partial charge in [-0.15, -0.1) is 0 Å². The Morgan fingerprint density at radius 1 is 1.55 bits per heavy atom. The largest absolute Gasteiger partial charge is 0.365 e. The lowest BCUT2D eigenvalue weighted by atomic mass is 9.99. The smallest absolute Gasteiger partial charge is 0.252 e. The van der Waals surface area contributed by atoms with Gasteiger partial charge in [0.05, 0.1) is 12.0 Å². The Bertz CT molecular complexity index is 637. The first kappa shape index (κ1) is 14.6. The number of hydrogen-bond donors (Lipinski definition) is 0. The van der Waals surface area contributed by atoms with Crippen LogP contribution in [0.4, 0.5) is 0 Å². The van der Waals surface area contributed by atoms with Crippen LogP contribution in [0, 0.1) is 6.92 Å². The van der Waals surface area contributed by atoms with Gasteiger partial charge in [0, 0.05) is 25.5 Å². The SMILES string of the molecule is Cc1noc(COC2CN(C(=O)C(C)c3cccnc3)C2)n1. The van der Waals surface area contributed by atoms with Crippen molar-refractivity contribution in [3.63, 3.8) is 0 Å². The van der Waals surface area contributed by atoms with Crippen LogP contribution in [0.2, 0.25) is 0 Å². The summed E-state index contributed by atoms with van der Waals surface area (Å²) in [5.74, 6) is 0.968. The van der Waals surface area contributed by atoms with Crippen LogP contribution in [0.15, 0.2) is 29.0 Å². The summed E-state index contributed by atoms with van der Waals surface area (Å²) in [6, 6.07) is 3.76. The number of aryl methyl sites for hydroxylation is 1. The predicted octanol–water partition coefficient (Wildman–Crippen LogP) is 1.30. The minimum atomic E-state index is -0.187. The number of carbonyl (C=O) groups is 1. The lowest BCUT2D eigenvalue weighted by molar-refractivity contribution is -0.147. The van der Waals surface area contributed by atoms with E-state index in [9.17, 15) is 4.79 Å². The summed E-state index contributed by atoms with van der Waals surface area (Å²) < 4.78 is 10.6. The summed E-state index contributed by atoms with van der Waals surface area (Å²) in [6.45, 7) is 5.13. The molecule has 1 aliphatic rings. The second-order valence-corrected chi connectivity index (χ2v) is 5.42. The molecule has 0 radical (unpaired) electrons. The Morgan fingerprint density at radius 3 is 3.00 bits per heavy atom. The van der Waals surface area contributed by atoms with E-state index in [1.807, 2.05) is 19.1 Å². The van der Waals surface area contributed by atoms with Gasteiger partial charge in [0.2, 0.25) is 5.91 Å². The number of aromatic nitrogens is 3. The van der Waals surface area contributed by atoms with Crippen molar-refractivity contribution in [3.05, 3.63) is 41.8 Å². The van der Waals surface area contributed by atoms with Crippen LogP contribution in [0.3, 0.4) is 0 Å². The molecule has 3 rings (SSSR count). The fraction of sp³-hybridized carbons (Fsp3) is 0.467. The molecule has 1 fully saturated rings. The second kappa shape index (κ2) is 6.23. The van der Waals surface area contributed by atoms with Crippen molar-refractivity contribution >= 4 is 5.91 Å². The zero-order chi connectivity index (χ0) is 15.5. The highest BCUT2D eigenvalue weighted by molar-refractivity contribution is 5.84. The van der Waals surface area contributed by atoms with Gasteiger partial charge < -0.3 is 14.2 Å². The monoisotopic (exact) mass is 302 g/mol. The molecule has 3 heterocycles. The number of pyridine rings is 1. The van der Waals surface area contributed by atoms with Crippen molar-refractivity contribution in [1.29, 1.82) is 0 Å². The molecule has 0 aromatic carbocycles. The number of nitrogens with zero attached hydrogens (tertiary/aromatic N) is 4. The van der Waals surface area contributed by atoms with E-state index in [0.29, 0.717) is 24.8 Å². The van der Waals surface area contributed by atoms with Crippen molar-refractivity contribution in [2.45, 2.75) is 32.5 Å². The molecule has 22 heavy (non-hydrogen) atoms. The van der Waals surface area contributed by atoms with E-state index >= 15 is 0 Å². The van der Waals surface area contributed by atoms with E-state index in [1.165, 1.54) is 0 Å². The van der Waals surface area contributed by atoms with E-state index in [-0.39, 0.29) is 24.5 Å². The maximum Gasteiger partial charge on any atom is 0.252 e. The molecule has 7 nitrogen and oxygen atoms in total. The first-order valence-electron chi connectivity index (χ1n) is 7.23. The molecule has 1 amide bonds. The predicted molar refractivity (Wildman–Crippen MR) is 76.8 cm³/mol. The van der Waals surface area contributed by atoms with Crippen molar-refractivity contribution in [2.24, 2.45) is 0 Å². The summed E-state index contributed by atoms with van der Waals surface area (Å²) in [5, 5.41) is 3.70. The Kier molecular flexibility index (Phi) is 4.15. The van der Waals surface area contributed by atoms with Crippen LogP contribution in [-0.2, 0) is 16.1 Å². The summed E-state index contributed by atoms with van der Waals surface area (Å²) in [5.41, 5.74) is 0.929. The normalized spacial score (nSPS) is 16.4. The zero-order valence-corrected chi connectivity index (χ0v) is 12.6. The van der Waals surface area contributed by atoms with Crippen LogP contribution in [0.5, 0.6) is 0 Å². The molecule has 116 valence electrons. The van der Waals surface area contributed by atoms with Gasteiger partial charge in [0.25, 0.3) is 5.89 Å². The van der Waals surface area contributed by atoms with Gasteiger partial charge in [-0.1, -0.05) is 11.2 Å². The number of likely N-dealkylation sites (tertiary alicyclic amines) is 1. The number of carbonyl (C=O) groups excluding carboxylic acids is 1. The van der Waals surface area contributed by atoms with Crippen LogP contribution >= 0.6 is 0 Å². The Labute approximate surface area is 128 Å². The summed E-state index contributed by atoms with van der Waals surface area (Å²) in [6.07, 6.45) is 3.46. The van der Waals surface area contributed by atoms with Gasteiger partial charge in [-0.3, -0.25) is 9.78 Å². The van der Waals surface area contributed by atoms with Gasteiger partial charge in [-0.25, -0.2) is 0 Å². The molecule has 0 saturated carbocycles. The first-order chi connectivity index (χ1) is 10.6. The molecule has 0 N–H and O–H groups in total. The van der Waals surface area contributed by atoms with E-state index in [1.54, 1.807) is 24.2 Å². The number of hydrogen-bond acceptors (Lipinski definition) is 6. The third-order valence-electron chi connectivity index (χ3n) is 3.73. The number of ether oxygens (including phenoxy) is 1. The Hall–Kier alpha value is -2.28. The number of amides is 1. The second-order valence-electron chi connectivity index (χ2n) is 5.42. The molecule has 0 spiro atoms. The fourth-order valence-electron chi connectivity index (χ4n) is 2.36. The van der Waals surface area contributed by atoms with Crippen LogP contribution in [-0.4, -0.2) is 45.1 Å². The maximum absolute atomic E-state index is 12.4. The minimum Gasteiger partial charge on any atom is -0.365 e. The molecule has 0 aliphatic carbocycles. The highest BCUT2D eigenvalue weighted by Gasteiger charge is 2.34. The highest BCUT2D eigenvalue weighted by atomic mass is 16.5. The third kappa shape index (κ3) is 3.14. The van der Waals surface area contributed by atoms with Gasteiger partial charge in [-0.05, 0) is 25.5 Å². The quantitative estimate of drug-likeness (QED) is 0.828. The molecule has 7 heteroatoms. The fourth-order valence-corrected chi connectivity index (χ4v) is 2.36. The zero-order valence-electron chi connectivity index (χ0n) is 12.6. The summed E-state index contributed by atoms with van der Waals surface area (Å²) in [4.78, 5) is 22.3. The average molecular weight is 302 g/mol. The first-order valence-corrected chi connectivity index (χ1v) is 7.23. The van der Waals surface area contributed by atoms with Crippen molar-refractivity contribution in [1.82, 2.24) is 20.0 Å². The molecule has 1 aliphatic heterocycles. The lowest BCUT2D eigenvalue weighted by Crippen LogP contribution is -2.55. The molecule has 2 aromatic rings. The van der Waals surface area contributed by atoms with Crippen LogP contribution in [0.1, 0.15) is 30.1 Å². The average Bonchev–Trinajstić information content (AvgIpc) is 2.91. The van der Waals surface area contributed by atoms with Crippen LogP contribution < -0.4 is 0 Å². The van der Waals surface area contributed by atoms with Crippen molar-refractivity contribution in [3.8, 4) is 0 Å². The van der Waals surface area contributed by atoms with Gasteiger partial charge in [0.15, 0.2) is 5.82 Å². The van der Waals surface area contributed by atoms with Crippen molar-refractivity contribution < 1.29 is 14.1 Å².